The zero-order valence-electron chi connectivity index (χ0n) is 15.9. The molecule has 2 aromatic heterocycles. The number of ether oxygens (including phenoxy) is 1. The van der Waals surface area contributed by atoms with Crippen LogP contribution in [-0.4, -0.2) is 46.7 Å². The Bertz CT molecular complexity index is 1010. The first-order chi connectivity index (χ1) is 13.6. The largest absolute Gasteiger partial charge is 0.496 e. The number of pyridine rings is 1. The number of nitrogens with one attached hydrogen (secondary N) is 3. The molecule has 3 N–H and O–H groups in total. The molecule has 9 heteroatoms. The van der Waals surface area contributed by atoms with E-state index in [2.05, 4.69) is 26.0 Å². The number of hydrogen-bond acceptors (Lipinski definition) is 5. The highest BCUT2D eigenvalue weighted by Crippen LogP contribution is 2.31. The molecular weight excluding hydrogens is 360 g/mol. The van der Waals surface area contributed by atoms with E-state index in [9.17, 15) is 9.59 Å². The van der Waals surface area contributed by atoms with Crippen molar-refractivity contribution in [2.24, 2.45) is 0 Å². The summed E-state index contributed by atoms with van der Waals surface area (Å²) >= 11 is 0. The molecule has 3 rings (SSSR count). The molecule has 9 nitrogen and oxygen atoms in total. The summed E-state index contributed by atoms with van der Waals surface area (Å²) in [5, 5.41) is 12.2. The lowest BCUT2D eigenvalue weighted by molar-refractivity contribution is 0.0948. The highest BCUT2D eigenvalue weighted by molar-refractivity contribution is 5.95. The topological polar surface area (TPSA) is 110 Å². The third kappa shape index (κ3) is 3.88. The Kier molecular flexibility index (Phi) is 5.73. The number of fused-ring (bicyclic) bond motifs is 1. The smallest absolute Gasteiger partial charge is 0.321 e. The van der Waals surface area contributed by atoms with Crippen molar-refractivity contribution in [2.45, 2.75) is 13.8 Å². The molecule has 0 bridgehead atoms. The molecule has 1 aromatic carbocycles. The summed E-state index contributed by atoms with van der Waals surface area (Å²) in [7, 11) is 1.59. The van der Waals surface area contributed by atoms with Crippen molar-refractivity contribution in [3.05, 3.63) is 42.1 Å². The summed E-state index contributed by atoms with van der Waals surface area (Å²) in [4.78, 5) is 28.7. The van der Waals surface area contributed by atoms with Gasteiger partial charge in [-0.3, -0.25) is 10.1 Å². The Hall–Kier alpha value is -3.62. The fourth-order valence-corrected chi connectivity index (χ4v) is 2.79. The maximum atomic E-state index is 12.6. The first kappa shape index (κ1) is 19.2. The van der Waals surface area contributed by atoms with Gasteiger partial charge in [-0.2, -0.15) is 4.98 Å². The zero-order chi connectivity index (χ0) is 20.1. The third-order valence-electron chi connectivity index (χ3n) is 3.99. The van der Waals surface area contributed by atoms with Crippen molar-refractivity contribution in [3.63, 3.8) is 0 Å². The minimum atomic E-state index is -0.414. The summed E-state index contributed by atoms with van der Waals surface area (Å²) in [6, 6.07) is 10.6. The average molecular weight is 382 g/mol. The van der Waals surface area contributed by atoms with Crippen LogP contribution in [-0.2, 0) is 0 Å². The van der Waals surface area contributed by atoms with Crippen LogP contribution in [0, 0.1) is 0 Å². The molecule has 0 aliphatic heterocycles. The highest BCUT2D eigenvalue weighted by atomic mass is 16.5. The number of methoxy groups -OCH3 is 1. The number of rotatable bonds is 6. The molecule has 3 aromatic rings. The minimum absolute atomic E-state index is 0.105. The molecule has 146 valence electrons. The Morgan fingerprint density at radius 3 is 2.57 bits per heavy atom. The van der Waals surface area contributed by atoms with Crippen LogP contribution in [0.4, 0.5) is 10.7 Å². The van der Waals surface area contributed by atoms with Crippen LogP contribution in [0.15, 0.2) is 36.4 Å². The predicted octanol–water partition coefficient (Wildman–Crippen LogP) is 2.30. The van der Waals surface area contributed by atoms with Crippen molar-refractivity contribution in [3.8, 4) is 16.9 Å². The molecule has 28 heavy (non-hydrogen) atoms. The van der Waals surface area contributed by atoms with E-state index < -0.39 is 6.03 Å². The van der Waals surface area contributed by atoms with E-state index in [-0.39, 0.29) is 11.9 Å². The molecule has 0 aliphatic rings. The van der Waals surface area contributed by atoms with Gasteiger partial charge in [-0.15, -0.1) is 5.10 Å². The second-order valence-corrected chi connectivity index (χ2v) is 5.88. The average Bonchev–Trinajstić information content (AvgIpc) is 3.09. The molecule has 0 radical (unpaired) electrons. The van der Waals surface area contributed by atoms with Gasteiger partial charge in [-0.05, 0) is 37.6 Å². The number of aromatic nitrogens is 3. The molecule has 3 amide bonds. The number of hydrogen-bond donors (Lipinski definition) is 3. The third-order valence-corrected chi connectivity index (χ3v) is 3.99. The molecule has 0 fully saturated rings. The van der Waals surface area contributed by atoms with E-state index in [4.69, 9.17) is 4.74 Å². The van der Waals surface area contributed by atoms with Crippen molar-refractivity contribution in [1.82, 2.24) is 25.2 Å². The van der Waals surface area contributed by atoms with Crippen LogP contribution in [0.3, 0.4) is 0 Å². The summed E-state index contributed by atoms with van der Waals surface area (Å²) in [5.41, 5.74) is 2.30. The normalized spacial score (nSPS) is 10.5. The van der Waals surface area contributed by atoms with E-state index >= 15 is 0 Å². The number of amides is 3. The van der Waals surface area contributed by atoms with E-state index in [0.717, 1.165) is 11.1 Å². The molecule has 0 spiro atoms. The van der Waals surface area contributed by atoms with Crippen LogP contribution in [0.2, 0.25) is 0 Å². The number of para-hydroxylation sites is 1. The Morgan fingerprint density at radius 1 is 1.11 bits per heavy atom. The van der Waals surface area contributed by atoms with Gasteiger partial charge in [0.15, 0.2) is 5.65 Å². The standard InChI is InChI=1S/C19H22N6O3/c1-4-20-17(26)14-10-12(13-8-6-7-9-15(13)28-3)11-16-22-18(24-25(14)16)23-19(27)21-5-2/h6-11H,4-5H2,1-3H3,(H,20,26)(H2,21,23,24,27). The molecule has 0 saturated carbocycles. The minimum Gasteiger partial charge on any atom is -0.496 e. The van der Waals surface area contributed by atoms with Gasteiger partial charge in [0.25, 0.3) is 11.9 Å². The van der Waals surface area contributed by atoms with Gasteiger partial charge in [0, 0.05) is 18.7 Å². The molecule has 2 heterocycles. The van der Waals surface area contributed by atoms with Gasteiger partial charge < -0.3 is 15.4 Å². The van der Waals surface area contributed by atoms with Crippen LogP contribution in [0.5, 0.6) is 5.75 Å². The van der Waals surface area contributed by atoms with Crippen LogP contribution >= 0.6 is 0 Å². The maximum Gasteiger partial charge on any atom is 0.321 e. The predicted molar refractivity (Wildman–Crippen MR) is 106 cm³/mol. The fraction of sp³-hybridized carbons (Fsp3) is 0.263. The summed E-state index contributed by atoms with van der Waals surface area (Å²) < 4.78 is 6.84. The fourth-order valence-electron chi connectivity index (χ4n) is 2.79. The number of anilines is 1. The van der Waals surface area contributed by atoms with Crippen molar-refractivity contribution in [2.75, 3.05) is 25.5 Å². The van der Waals surface area contributed by atoms with Crippen molar-refractivity contribution < 1.29 is 14.3 Å². The van der Waals surface area contributed by atoms with Crippen molar-refractivity contribution in [1.29, 1.82) is 0 Å². The lowest BCUT2D eigenvalue weighted by Gasteiger charge is -2.11. The summed E-state index contributed by atoms with van der Waals surface area (Å²) in [6.07, 6.45) is 0. The van der Waals surface area contributed by atoms with E-state index in [0.29, 0.717) is 30.2 Å². The van der Waals surface area contributed by atoms with E-state index in [1.165, 1.54) is 4.52 Å². The summed E-state index contributed by atoms with van der Waals surface area (Å²) in [5.74, 6) is 0.487. The SMILES string of the molecule is CCNC(=O)Nc1nc2cc(-c3ccccc3OC)cc(C(=O)NCC)n2n1. The number of benzene rings is 1. The maximum absolute atomic E-state index is 12.6. The Labute approximate surface area is 162 Å². The lowest BCUT2D eigenvalue weighted by atomic mass is 10.0. The zero-order valence-corrected chi connectivity index (χ0v) is 15.9. The Morgan fingerprint density at radius 2 is 1.86 bits per heavy atom. The monoisotopic (exact) mass is 382 g/mol. The number of carbonyl (C=O) groups excluding carboxylic acids is 2. The van der Waals surface area contributed by atoms with Crippen LogP contribution in [0.1, 0.15) is 24.3 Å². The van der Waals surface area contributed by atoms with Gasteiger partial charge in [0.2, 0.25) is 0 Å². The number of urea groups is 1. The van der Waals surface area contributed by atoms with E-state index in [1.807, 2.05) is 38.1 Å². The highest BCUT2D eigenvalue weighted by Gasteiger charge is 2.18. The molecule has 0 unspecified atom stereocenters. The number of carbonyl (C=O) groups is 2. The second-order valence-electron chi connectivity index (χ2n) is 5.88. The number of nitrogens with zero attached hydrogens (tertiary/aromatic N) is 3. The van der Waals surface area contributed by atoms with Gasteiger partial charge in [-0.25, -0.2) is 9.31 Å². The Balaban J connectivity index is 2.13. The van der Waals surface area contributed by atoms with Crippen LogP contribution in [0.25, 0.3) is 16.8 Å². The van der Waals surface area contributed by atoms with Gasteiger partial charge >= 0.3 is 6.03 Å². The van der Waals surface area contributed by atoms with E-state index in [1.54, 1.807) is 19.2 Å². The quantitative estimate of drug-likeness (QED) is 0.606. The van der Waals surface area contributed by atoms with Gasteiger partial charge in [0.05, 0.1) is 7.11 Å². The van der Waals surface area contributed by atoms with Gasteiger partial charge in [0.1, 0.15) is 11.4 Å². The van der Waals surface area contributed by atoms with Crippen LogP contribution < -0.4 is 20.7 Å². The molecular formula is C19H22N6O3. The molecule has 0 atom stereocenters. The summed E-state index contributed by atoms with van der Waals surface area (Å²) in [6.45, 7) is 4.59. The first-order valence-electron chi connectivity index (χ1n) is 8.94. The first-order valence-corrected chi connectivity index (χ1v) is 8.94. The lowest BCUT2D eigenvalue weighted by Crippen LogP contribution is -2.28. The second kappa shape index (κ2) is 8.38. The van der Waals surface area contributed by atoms with Crippen molar-refractivity contribution >= 4 is 23.5 Å². The van der Waals surface area contributed by atoms with Gasteiger partial charge in [-0.1, -0.05) is 18.2 Å². The molecule has 0 aliphatic carbocycles. The molecule has 0 saturated heterocycles.